The minimum atomic E-state index is 0.658. The van der Waals surface area contributed by atoms with Gasteiger partial charge >= 0.3 is 0 Å². The van der Waals surface area contributed by atoms with Gasteiger partial charge in [-0.15, -0.1) is 0 Å². The molecule has 0 aliphatic carbocycles. The van der Waals surface area contributed by atoms with Crippen molar-refractivity contribution in [1.82, 2.24) is 5.32 Å². The van der Waals surface area contributed by atoms with Crippen molar-refractivity contribution in [1.29, 1.82) is 0 Å². The topological polar surface area (TPSA) is 21.3 Å². The van der Waals surface area contributed by atoms with Gasteiger partial charge in [-0.05, 0) is 55.5 Å². The first-order valence-electron chi connectivity index (χ1n) is 9.33. The molecule has 1 N–H and O–H groups in total. The van der Waals surface area contributed by atoms with Gasteiger partial charge in [-0.25, -0.2) is 0 Å². The molecule has 25 heavy (non-hydrogen) atoms. The Kier molecular flexibility index (Phi) is 4.70. The van der Waals surface area contributed by atoms with Gasteiger partial charge in [-0.3, -0.25) is 0 Å². The molecule has 0 aromatic heterocycles. The van der Waals surface area contributed by atoms with Crippen molar-refractivity contribution >= 4 is 21.5 Å². The first-order valence-corrected chi connectivity index (χ1v) is 10.1. The van der Waals surface area contributed by atoms with Crippen LogP contribution in [0.5, 0.6) is 11.5 Å². The van der Waals surface area contributed by atoms with Crippen molar-refractivity contribution < 1.29 is 4.74 Å². The third-order valence-corrected chi connectivity index (χ3v) is 5.76. The standard InChI is InChI=1S/C20H18BrNO.C2H6/c21-13-5-8-17-19(11-13)23-18-4-2-1-3-16(18)20(17)12-9-14-6-7-15(10-12)22-14;1-2/h1-5,8,11,14-15,22H,6-7,9-10H2;1-2H3. The van der Waals surface area contributed by atoms with E-state index in [1.165, 1.54) is 29.5 Å². The van der Waals surface area contributed by atoms with Crippen molar-refractivity contribution in [3.63, 3.8) is 0 Å². The second kappa shape index (κ2) is 6.97. The minimum Gasteiger partial charge on any atom is -0.456 e. The monoisotopic (exact) mass is 397 g/mol. The van der Waals surface area contributed by atoms with Crippen LogP contribution in [0.3, 0.4) is 0 Å². The van der Waals surface area contributed by atoms with Crippen LogP contribution in [0.1, 0.15) is 50.7 Å². The Balaban J connectivity index is 0.000000758. The van der Waals surface area contributed by atoms with E-state index in [-0.39, 0.29) is 0 Å². The average molecular weight is 398 g/mol. The number of rotatable bonds is 0. The molecule has 0 amide bonds. The Hall–Kier alpha value is -1.58. The van der Waals surface area contributed by atoms with Crippen molar-refractivity contribution in [2.24, 2.45) is 0 Å². The lowest BCUT2D eigenvalue weighted by Crippen LogP contribution is -2.35. The molecular formula is C22H24BrNO. The zero-order valence-corrected chi connectivity index (χ0v) is 16.4. The number of hydrogen-bond donors (Lipinski definition) is 1. The number of fused-ring (bicyclic) bond motifs is 4. The first kappa shape index (κ1) is 16.9. The van der Waals surface area contributed by atoms with Crippen molar-refractivity contribution in [3.05, 3.63) is 63.6 Å². The van der Waals surface area contributed by atoms with E-state index in [1.807, 2.05) is 13.8 Å². The van der Waals surface area contributed by atoms with E-state index >= 15 is 0 Å². The lowest BCUT2D eigenvalue weighted by Gasteiger charge is -2.30. The summed E-state index contributed by atoms with van der Waals surface area (Å²) in [7, 11) is 0. The normalized spacial score (nSPS) is 23.2. The van der Waals surface area contributed by atoms with E-state index in [4.69, 9.17) is 4.74 Å². The highest BCUT2D eigenvalue weighted by atomic mass is 79.9. The van der Waals surface area contributed by atoms with Gasteiger partial charge in [0.1, 0.15) is 11.5 Å². The molecule has 2 fully saturated rings. The van der Waals surface area contributed by atoms with Crippen LogP contribution in [0, 0.1) is 0 Å². The van der Waals surface area contributed by atoms with E-state index in [2.05, 4.69) is 63.7 Å². The minimum absolute atomic E-state index is 0.658. The third kappa shape index (κ3) is 3.04. The third-order valence-electron chi connectivity index (χ3n) is 5.26. The fraction of sp³-hybridized carbons (Fsp3) is 0.364. The summed E-state index contributed by atoms with van der Waals surface area (Å²) in [5, 5.41) is 3.74. The van der Waals surface area contributed by atoms with Crippen LogP contribution in [-0.4, -0.2) is 12.1 Å². The predicted octanol–water partition coefficient (Wildman–Crippen LogP) is 6.30. The summed E-state index contributed by atoms with van der Waals surface area (Å²) in [5.74, 6) is 1.94. The lowest BCUT2D eigenvalue weighted by atomic mass is 9.84. The first-order chi connectivity index (χ1) is 12.3. The second-order valence-corrected chi connectivity index (χ2v) is 7.68. The average Bonchev–Trinajstić information content (AvgIpc) is 2.99. The molecule has 0 radical (unpaired) electrons. The van der Waals surface area contributed by atoms with Gasteiger partial charge in [0.05, 0.1) is 0 Å². The van der Waals surface area contributed by atoms with Crippen LogP contribution in [0.15, 0.2) is 52.5 Å². The Morgan fingerprint density at radius 2 is 1.60 bits per heavy atom. The van der Waals surface area contributed by atoms with Crippen LogP contribution >= 0.6 is 15.9 Å². The van der Waals surface area contributed by atoms with E-state index in [9.17, 15) is 0 Å². The molecular weight excluding hydrogens is 374 g/mol. The van der Waals surface area contributed by atoms with E-state index in [0.29, 0.717) is 12.1 Å². The van der Waals surface area contributed by atoms with E-state index in [0.717, 1.165) is 28.8 Å². The number of benzene rings is 2. The van der Waals surface area contributed by atoms with E-state index in [1.54, 1.807) is 5.57 Å². The smallest absolute Gasteiger partial charge is 0.136 e. The molecule has 2 aromatic rings. The summed E-state index contributed by atoms with van der Waals surface area (Å²) in [6.07, 6.45) is 4.95. The molecule has 130 valence electrons. The highest BCUT2D eigenvalue weighted by molar-refractivity contribution is 9.10. The molecule has 5 rings (SSSR count). The van der Waals surface area contributed by atoms with Crippen LogP contribution in [0.25, 0.3) is 5.57 Å². The molecule has 0 saturated carbocycles. The molecule has 3 heterocycles. The summed E-state index contributed by atoms with van der Waals surface area (Å²) >= 11 is 3.57. The summed E-state index contributed by atoms with van der Waals surface area (Å²) in [5.41, 5.74) is 5.49. The molecule has 0 spiro atoms. The number of nitrogens with one attached hydrogen (secondary N) is 1. The van der Waals surface area contributed by atoms with E-state index < -0.39 is 0 Å². The fourth-order valence-electron chi connectivity index (χ4n) is 4.30. The number of para-hydroxylation sites is 1. The largest absolute Gasteiger partial charge is 0.456 e. The van der Waals surface area contributed by atoms with Crippen molar-refractivity contribution in [3.8, 4) is 11.5 Å². The summed E-state index contributed by atoms with van der Waals surface area (Å²) in [4.78, 5) is 0. The van der Waals surface area contributed by atoms with Gasteiger partial charge in [0, 0.05) is 27.7 Å². The van der Waals surface area contributed by atoms with Gasteiger partial charge < -0.3 is 10.1 Å². The fourth-order valence-corrected chi connectivity index (χ4v) is 4.64. The van der Waals surface area contributed by atoms with Gasteiger partial charge in [0.2, 0.25) is 0 Å². The predicted molar refractivity (Wildman–Crippen MR) is 107 cm³/mol. The van der Waals surface area contributed by atoms with Crippen LogP contribution < -0.4 is 10.1 Å². The Morgan fingerprint density at radius 1 is 0.920 bits per heavy atom. The second-order valence-electron chi connectivity index (χ2n) is 6.76. The number of ether oxygens (including phenoxy) is 1. The molecule has 2 atom stereocenters. The maximum atomic E-state index is 6.17. The van der Waals surface area contributed by atoms with Gasteiger partial charge in [0.15, 0.2) is 0 Å². The lowest BCUT2D eigenvalue weighted by molar-refractivity contribution is 0.465. The Labute approximate surface area is 158 Å². The highest BCUT2D eigenvalue weighted by Gasteiger charge is 2.34. The number of piperidine rings is 1. The number of hydrogen-bond acceptors (Lipinski definition) is 2. The molecule has 2 saturated heterocycles. The number of halogens is 1. The zero-order valence-electron chi connectivity index (χ0n) is 14.8. The van der Waals surface area contributed by atoms with Crippen molar-refractivity contribution in [2.75, 3.05) is 0 Å². The maximum absolute atomic E-state index is 6.17. The van der Waals surface area contributed by atoms with Gasteiger partial charge in [-0.1, -0.05) is 53.5 Å². The van der Waals surface area contributed by atoms with Crippen LogP contribution in [0.2, 0.25) is 0 Å². The van der Waals surface area contributed by atoms with Crippen molar-refractivity contribution in [2.45, 2.75) is 51.6 Å². The molecule has 2 bridgehead atoms. The molecule has 3 heteroatoms. The summed E-state index contributed by atoms with van der Waals surface area (Å²) < 4.78 is 7.23. The zero-order chi connectivity index (χ0) is 17.4. The van der Waals surface area contributed by atoms with Crippen LogP contribution in [0.4, 0.5) is 0 Å². The molecule has 2 aromatic carbocycles. The Bertz CT molecular complexity index is 813. The molecule has 2 unspecified atom stereocenters. The summed E-state index contributed by atoms with van der Waals surface area (Å²) in [6, 6.07) is 16.2. The SMILES string of the molecule is Brc1ccc2c(c1)Oc1ccccc1C2=C1CC2CCC(C1)N2.CC. The Morgan fingerprint density at radius 3 is 2.36 bits per heavy atom. The maximum Gasteiger partial charge on any atom is 0.136 e. The van der Waals surface area contributed by atoms with Crippen LogP contribution in [-0.2, 0) is 0 Å². The molecule has 2 nitrogen and oxygen atoms in total. The molecule has 3 aliphatic rings. The molecule has 3 aliphatic heterocycles. The highest BCUT2D eigenvalue weighted by Crippen LogP contribution is 2.48. The van der Waals surface area contributed by atoms with Gasteiger partial charge in [-0.2, -0.15) is 0 Å². The quantitative estimate of drug-likeness (QED) is 0.480. The summed E-state index contributed by atoms with van der Waals surface area (Å²) in [6.45, 7) is 4.00. The van der Waals surface area contributed by atoms with Gasteiger partial charge in [0.25, 0.3) is 0 Å².